The van der Waals surface area contributed by atoms with Crippen molar-refractivity contribution in [1.29, 1.82) is 0 Å². The lowest BCUT2D eigenvalue weighted by Gasteiger charge is -2.15. The molecule has 0 spiro atoms. The minimum Gasteiger partial charge on any atom is -0.303 e. The summed E-state index contributed by atoms with van der Waals surface area (Å²) in [7, 11) is 0. The molecule has 0 radical (unpaired) electrons. The van der Waals surface area contributed by atoms with Gasteiger partial charge in [0.15, 0.2) is 0 Å². The molecule has 1 rings (SSSR count). The van der Waals surface area contributed by atoms with Crippen molar-refractivity contribution in [2.75, 3.05) is 0 Å². The van der Waals surface area contributed by atoms with Crippen LogP contribution in [0, 0.1) is 0 Å². The molecule has 1 nitrogen and oxygen atoms in total. The highest BCUT2D eigenvalue weighted by Gasteiger charge is 2.09. The van der Waals surface area contributed by atoms with E-state index in [0.29, 0.717) is 16.9 Å². The Balaban J connectivity index is 2.50. The zero-order valence-corrected chi connectivity index (χ0v) is 9.46. The molecule has 0 aromatic heterocycles. The second-order valence-electron chi connectivity index (χ2n) is 3.40. The summed E-state index contributed by atoms with van der Waals surface area (Å²) in [5.41, 5.74) is 1.33. The second kappa shape index (κ2) is 5.86. The molecular weight excluding hydrogens is 192 g/mol. The third-order valence-electron chi connectivity index (χ3n) is 2.13. The van der Waals surface area contributed by atoms with Crippen molar-refractivity contribution in [3.63, 3.8) is 0 Å². The third-order valence-corrected chi connectivity index (χ3v) is 3.47. The Bertz CT molecular complexity index is 271. The lowest BCUT2D eigenvalue weighted by Crippen LogP contribution is -2.00. The first-order valence-corrected chi connectivity index (χ1v) is 5.82. The van der Waals surface area contributed by atoms with Crippen LogP contribution in [0.15, 0.2) is 30.3 Å². The minimum atomic E-state index is 0.405. The van der Waals surface area contributed by atoms with Gasteiger partial charge < -0.3 is 4.79 Å². The number of carbonyl (C=O) groups excluding carboxylic acids is 1. The summed E-state index contributed by atoms with van der Waals surface area (Å²) in [5, 5.41) is 0.869. The van der Waals surface area contributed by atoms with Gasteiger partial charge in [-0.15, -0.1) is 0 Å². The van der Waals surface area contributed by atoms with Gasteiger partial charge in [0.05, 0.1) is 0 Å². The number of rotatable bonds is 5. The maximum absolute atomic E-state index is 10.3. The van der Waals surface area contributed by atoms with E-state index in [2.05, 4.69) is 38.1 Å². The summed E-state index contributed by atoms with van der Waals surface area (Å²) in [4.78, 5) is 10.3. The predicted octanol–water partition coefficient (Wildman–Crippen LogP) is 3.46. The van der Waals surface area contributed by atoms with Crippen LogP contribution in [-0.2, 0) is 4.79 Å². The van der Waals surface area contributed by atoms with E-state index < -0.39 is 0 Å². The minimum absolute atomic E-state index is 0.405. The maximum atomic E-state index is 10.3. The van der Waals surface area contributed by atoms with Gasteiger partial charge in [-0.2, -0.15) is 11.8 Å². The highest BCUT2D eigenvalue weighted by molar-refractivity contribution is 8.00. The average Bonchev–Trinajstić information content (AvgIpc) is 2.19. The first-order chi connectivity index (χ1) is 6.74. The summed E-state index contributed by atoms with van der Waals surface area (Å²) < 4.78 is 0. The molecule has 14 heavy (non-hydrogen) atoms. The topological polar surface area (TPSA) is 17.1 Å². The van der Waals surface area contributed by atoms with Crippen LogP contribution in [0.4, 0.5) is 0 Å². The summed E-state index contributed by atoms with van der Waals surface area (Å²) in [5.74, 6) is 0. The first kappa shape index (κ1) is 11.3. The molecule has 0 fully saturated rings. The van der Waals surface area contributed by atoms with E-state index in [4.69, 9.17) is 0 Å². The fourth-order valence-electron chi connectivity index (χ4n) is 1.34. The molecule has 0 heterocycles. The normalized spacial score (nSPS) is 14.7. The SMILES string of the molecule is CC(CC=O)SC(C)c1ccccc1. The van der Waals surface area contributed by atoms with Crippen molar-refractivity contribution in [2.24, 2.45) is 0 Å². The Morgan fingerprint density at radius 3 is 2.50 bits per heavy atom. The van der Waals surface area contributed by atoms with Gasteiger partial charge in [0.2, 0.25) is 0 Å². The van der Waals surface area contributed by atoms with Crippen LogP contribution in [0.2, 0.25) is 0 Å². The first-order valence-electron chi connectivity index (χ1n) is 4.88. The highest BCUT2D eigenvalue weighted by atomic mass is 32.2. The number of aldehydes is 1. The van der Waals surface area contributed by atoms with Crippen LogP contribution in [0.5, 0.6) is 0 Å². The van der Waals surface area contributed by atoms with Crippen LogP contribution >= 0.6 is 11.8 Å². The average molecular weight is 208 g/mol. The number of hydrogen-bond donors (Lipinski definition) is 0. The van der Waals surface area contributed by atoms with Crippen molar-refractivity contribution in [1.82, 2.24) is 0 Å². The lowest BCUT2D eigenvalue weighted by atomic mass is 10.2. The molecule has 0 saturated carbocycles. The molecule has 0 aliphatic heterocycles. The fraction of sp³-hybridized carbons (Fsp3) is 0.417. The molecule has 0 N–H and O–H groups in total. The Kier molecular flexibility index (Phi) is 4.74. The highest BCUT2D eigenvalue weighted by Crippen LogP contribution is 2.32. The van der Waals surface area contributed by atoms with Crippen LogP contribution in [-0.4, -0.2) is 11.5 Å². The Labute approximate surface area is 89.9 Å². The summed E-state index contributed by atoms with van der Waals surface area (Å²) >= 11 is 1.85. The van der Waals surface area contributed by atoms with E-state index in [-0.39, 0.29) is 0 Å². The van der Waals surface area contributed by atoms with Crippen molar-refractivity contribution in [3.8, 4) is 0 Å². The predicted molar refractivity (Wildman–Crippen MR) is 62.6 cm³/mol. The largest absolute Gasteiger partial charge is 0.303 e. The summed E-state index contributed by atoms with van der Waals surface area (Å²) in [6.45, 7) is 4.28. The third kappa shape index (κ3) is 3.54. The van der Waals surface area contributed by atoms with Gasteiger partial charge in [0.25, 0.3) is 0 Å². The zero-order valence-electron chi connectivity index (χ0n) is 8.64. The smallest absolute Gasteiger partial charge is 0.121 e. The van der Waals surface area contributed by atoms with Gasteiger partial charge in [0, 0.05) is 16.9 Å². The number of thioether (sulfide) groups is 1. The Morgan fingerprint density at radius 2 is 1.93 bits per heavy atom. The summed E-state index contributed by atoms with van der Waals surface area (Å²) in [6.07, 6.45) is 1.64. The van der Waals surface area contributed by atoms with E-state index in [0.717, 1.165) is 6.29 Å². The molecule has 0 saturated heterocycles. The van der Waals surface area contributed by atoms with Crippen LogP contribution < -0.4 is 0 Å². The van der Waals surface area contributed by atoms with E-state index in [1.54, 1.807) is 0 Å². The van der Waals surface area contributed by atoms with Crippen molar-refractivity contribution < 1.29 is 4.79 Å². The van der Waals surface area contributed by atoms with Gasteiger partial charge in [0.1, 0.15) is 6.29 Å². The van der Waals surface area contributed by atoms with Gasteiger partial charge in [-0.1, -0.05) is 37.3 Å². The fourth-order valence-corrected chi connectivity index (χ4v) is 2.54. The standard InChI is InChI=1S/C12H16OS/c1-10(8-9-13)14-11(2)12-6-4-3-5-7-12/h3-7,9-11H,8H2,1-2H3. The summed E-state index contributed by atoms with van der Waals surface area (Å²) in [6, 6.07) is 10.4. The monoisotopic (exact) mass is 208 g/mol. The second-order valence-corrected chi connectivity index (χ2v) is 5.19. The maximum Gasteiger partial charge on any atom is 0.121 e. The van der Waals surface area contributed by atoms with Crippen LogP contribution in [0.1, 0.15) is 31.1 Å². The van der Waals surface area contributed by atoms with Gasteiger partial charge in [-0.05, 0) is 12.5 Å². The van der Waals surface area contributed by atoms with E-state index >= 15 is 0 Å². The van der Waals surface area contributed by atoms with Gasteiger partial charge >= 0.3 is 0 Å². The van der Waals surface area contributed by atoms with E-state index in [1.165, 1.54) is 5.56 Å². The quantitative estimate of drug-likeness (QED) is 0.689. The number of benzene rings is 1. The van der Waals surface area contributed by atoms with Crippen LogP contribution in [0.3, 0.4) is 0 Å². The molecule has 1 aromatic rings. The molecule has 2 unspecified atom stereocenters. The molecular formula is C12H16OS. The van der Waals surface area contributed by atoms with Crippen LogP contribution in [0.25, 0.3) is 0 Å². The molecule has 0 amide bonds. The molecule has 2 atom stereocenters. The molecule has 76 valence electrons. The lowest BCUT2D eigenvalue weighted by molar-refractivity contribution is -0.107. The number of hydrogen-bond acceptors (Lipinski definition) is 2. The molecule has 0 bridgehead atoms. The van der Waals surface area contributed by atoms with Crippen molar-refractivity contribution in [3.05, 3.63) is 35.9 Å². The van der Waals surface area contributed by atoms with Gasteiger partial charge in [-0.25, -0.2) is 0 Å². The number of carbonyl (C=O) groups is 1. The molecule has 1 aromatic carbocycles. The Morgan fingerprint density at radius 1 is 1.29 bits per heavy atom. The molecule has 2 heteroatoms. The van der Waals surface area contributed by atoms with Crippen molar-refractivity contribution in [2.45, 2.75) is 30.8 Å². The van der Waals surface area contributed by atoms with Crippen molar-refractivity contribution >= 4 is 18.0 Å². The molecule has 0 aliphatic rings. The van der Waals surface area contributed by atoms with E-state index in [9.17, 15) is 4.79 Å². The zero-order chi connectivity index (χ0) is 10.4. The Hall–Kier alpha value is -0.760. The van der Waals surface area contributed by atoms with E-state index in [1.807, 2.05) is 17.8 Å². The molecule has 0 aliphatic carbocycles. The van der Waals surface area contributed by atoms with Gasteiger partial charge in [-0.3, -0.25) is 0 Å².